The van der Waals surface area contributed by atoms with E-state index in [0.29, 0.717) is 12.4 Å². The van der Waals surface area contributed by atoms with Crippen LogP contribution in [0.1, 0.15) is 27.2 Å². The number of aryl methyl sites for hydroxylation is 2. The molecular weight excluding hydrogens is 316 g/mol. The molecule has 6 nitrogen and oxygen atoms in total. The van der Waals surface area contributed by atoms with Crippen LogP contribution in [0.25, 0.3) is 5.69 Å². The van der Waals surface area contributed by atoms with E-state index in [-0.39, 0.29) is 5.69 Å². The molecule has 0 radical (unpaired) electrons. The summed E-state index contributed by atoms with van der Waals surface area (Å²) in [5.41, 5.74) is 3.91. The van der Waals surface area contributed by atoms with Crippen molar-refractivity contribution in [3.63, 3.8) is 0 Å². The fourth-order valence-corrected chi connectivity index (χ4v) is 2.81. The minimum atomic E-state index is -1.09. The Bertz CT molecular complexity index is 883. The molecule has 3 aromatic rings. The highest BCUT2D eigenvalue weighted by atomic mass is 16.4. The number of hydrogen-bond acceptors (Lipinski definition) is 4. The fraction of sp³-hybridized carbons (Fsp3) is 0.211. The summed E-state index contributed by atoms with van der Waals surface area (Å²) >= 11 is 0. The molecule has 0 unspecified atom stereocenters. The summed E-state index contributed by atoms with van der Waals surface area (Å²) in [5.74, 6) is -0.749. The Morgan fingerprint density at radius 3 is 2.32 bits per heavy atom. The van der Waals surface area contributed by atoms with E-state index in [1.54, 1.807) is 4.90 Å². The van der Waals surface area contributed by atoms with Gasteiger partial charge in [0.15, 0.2) is 5.82 Å². The summed E-state index contributed by atoms with van der Waals surface area (Å²) < 4.78 is 0. The molecular formula is C19H20N4O2. The van der Waals surface area contributed by atoms with Gasteiger partial charge in [0.05, 0.1) is 5.69 Å². The molecule has 128 valence electrons. The highest BCUT2D eigenvalue weighted by Crippen LogP contribution is 2.20. The second-order valence-electron chi connectivity index (χ2n) is 6.15. The molecule has 6 heteroatoms. The number of hydrogen-bond donors (Lipinski definition) is 1. The van der Waals surface area contributed by atoms with Crippen LogP contribution in [0, 0.1) is 13.8 Å². The molecule has 0 saturated carbocycles. The van der Waals surface area contributed by atoms with Crippen molar-refractivity contribution in [2.24, 2.45) is 0 Å². The van der Waals surface area contributed by atoms with Crippen molar-refractivity contribution in [2.75, 3.05) is 11.9 Å². The molecule has 0 aliphatic heterocycles. The van der Waals surface area contributed by atoms with Gasteiger partial charge < -0.3 is 10.0 Å². The van der Waals surface area contributed by atoms with E-state index in [1.807, 2.05) is 69.4 Å². The van der Waals surface area contributed by atoms with Crippen LogP contribution < -0.4 is 4.90 Å². The molecule has 0 aliphatic carbocycles. The maximum absolute atomic E-state index is 11.6. The summed E-state index contributed by atoms with van der Waals surface area (Å²) in [4.78, 5) is 14.8. The largest absolute Gasteiger partial charge is 0.476 e. The summed E-state index contributed by atoms with van der Waals surface area (Å²) in [6.45, 7) is 4.52. The summed E-state index contributed by atoms with van der Waals surface area (Å²) in [5, 5.41) is 18.1. The zero-order valence-corrected chi connectivity index (χ0v) is 14.5. The molecule has 0 amide bonds. The SMILES string of the molecule is Cc1cc(C)cc(-n2nc(C(=O)O)c(N(C)Cc3ccccc3)n2)c1. The molecule has 1 heterocycles. The minimum absolute atomic E-state index is 0.0578. The number of carboxylic acid groups (broad SMARTS) is 1. The number of nitrogens with zero attached hydrogens (tertiary/aromatic N) is 4. The molecule has 0 spiro atoms. The molecule has 25 heavy (non-hydrogen) atoms. The number of carbonyl (C=O) groups is 1. The minimum Gasteiger partial charge on any atom is -0.476 e. The smallest absolute Gasteiger partial charge is 0.360 e. The van der Waals surface area contributed by atoms with Crippen molar-refractivity contribution in [1.29, 1.82) is 0 Å². The second-order valence-corrected chi connectivity index (χ2v) is 6.15. The van der Waals surface area contributed by atoms with Crippen molar-refractivity contribution in [2.45, 2.75) is 20.4 Å². The third kappa shape index (κ3) is 3.68. The van der Waals surface area contributed by atoms with Crippen molar-refractivity contribution in [1.82, 2.24) is 15.0 Å². The maximum Gasteiger partial charge on any atom is 0.360 e. The molecule has 0 atom stereocenters. The molecule has 2 aromatic carbocycles. The first-order valence-electron chi connectivity index (χ1n) is 7.98. The Balaban J connectivity index is 1.98. The van der Waals surface area contributed by atoms with Gasteiger partial charge in [-0.05, 0) is 42.7 Å². The van der Waals surface area contributed by atoms with E-state index >= 15 is 0 Å². The van der Waals surface area contributed by atoms with Gasteiger partial charge in [-0.2, -0.15) is 0 Å². The van der Waals surface area contributed by atoms with E-state index in [2.05, 4.69) is 10.2 Å². The lowest BCUT2D eigenvalue weighted by molar-refractivity contribution is 0.0690. The third-order valence-corrected chi connectivity index (χ3v) is 3.86. The standard InChI is InChI=1S/C19H20N4O2/c1-13-9-14(2)11-16(10-13)23-20-17(19(24)25)18(21-23)22(3)12-15-7-5-4-6-8-15/h4-11H,12H2,1-3H3,(H,24,25). The Kier molecular flexibility index (Phi) is 4.52. The Morgan fingerprint density at radius 1 is 1.08 bits per heavy atom. The number of carboxylic acids is 1. The van der Waals surface area contributed by atoms with Crippen molar-refractivity contribution >= 4 is 11.8 Å². The first-order chi connectivity index (χ1) is 11.9. The molecule has 0 bridgehead atoms. The van der Waals surface area contributed by atoms with Gasteiger partial charge in [-0.3, -0.25) is 0 Å². The Morgan fingerprint density at radius 2 is 1.72 bits per heavy atom. The van der Waals surface area contributed by atoms with Crippen LogP contribution in [0.4, 0.5) is 5.82 Å². The van der Waals surface area contributed by atoms with Crippen LogP contribution in [0.2, 0.25) is 0 Å². The lowest BCUT2D eigenvalue weighted by Gasteiger charge is -2.16. The number of rotatable bonds is 5. The Hall–Kier alpha value is -3.15. The van der Waals surface area contributed by atoms with Gasteiger partial charge in [0, 0.05) is 13.6 Å². The van der Waals surface area contributed by atoms with Gasteiger partial charge in [-0.1, -0.05) is 36.4 Å². The van der Waals surface area contributed by atoms with Gasteiger partial charge in [0.1, 0.15) is 0 Å². The lowest BCUT2D eigenvalue weighted by Crippen LogP contribution is -2.19. The van der Waals surface area contributed by atoms with Crippen molar-refractivity contribution in [3.05, 3.63) is 70.9 Å². The van der Waals surface area contributed by atoms with Crippen LogP contribution >= 0.6 is 0 Å². The van der Waals surface area contributed by atoms with Gasteiger partial charge in [0.25, 0.3) is 0 Å². The molecule has 0 aliphatic rings. The zero-order chi connectivity index (χ0) is 18.0. The third-order valence-electron chi connectivity index (χ3n) is 3.86. The molecule has 1 aromatic heterocycles. The summed E-state index contributed by atoms with van der Waals surface area (Å²) in [6, 6.07) is 15.7. The topological polar surface area (TPSA) is 71.2 Å². The van der Waals surface area contributed by atoms with E-state index < -0.39 is 5.97 Å². The van der Waals surface area contributed by atoms with Gasteiger partial charge >= 0.3 is 5.97 Å². The average Bonchev–Trinajstić information content (AvgIpc) is 3.00. The van der Waals surface area contributed by atoms with E-state index in [0.717, 1.165) is 22.4 Å². The number of anilines is 1. The highest BCUT2D eigenvalue weighted by Gasteiger charge is 2.22. The van der Waals surface area contributed by atoms with Crippen molar-refractivity contribution in [3.8, 4) is 5.69 Å². The number of benzene rings is 2. The van der Waals surface area contributed by atoms with Crippen molar-refractivity contribution < 1.29 is 9.90 Å². The monoisotopic (exact) mass is 336 g/mol. The summed E-state index contributed by atoms with van der Waals surface area (Å²) in [6.07, 6.45) is 0. The Labute approximate surface area is 146 Å². The van der Waals surface area contributed by atoms with E-state index in [9.17, 15) is 9.90 Å². The van der Waals surface area contributed by atoms with Crippen LogP contribution in [0.5, 0.6) is 0 Å². The fourth-order valence-electron chi connectivity index (χ4n) is 2.81. The zero-order valence-electron chi connectivity index (χ0n) is 14.5. The predicted molar refractivity (Wildman–Crippen MR) is 96.3 cm³/mol. The number of aromatic nitrogens is 3. The van der Waals surface area contributed by atoms with Crippen LogP contribution in [-0.4, -0.2) is 33.1 Å². The second kappa shape index (κ2) is 6.76. The lowest BCUT2D eigenvalue weighted by atomic mass is 10.1. The van der Waals surface area contributed by atoms with Gasteiger partial charge in [-0.15, -0.1) is 15.0 Å². The predicted octanol–water partition coefficient (Wildman–Crippen LogP) is 3.22. The van der Waals surface area contributed by atoms with Gasteiger partial charge in [0.2, 0.25) is 5.69 Å². The quantitative estimate of drug-likeness (QED) is 0.774. The van der Waals surface area contributed by atoms with Crippen LogP contribution in [0.3, 0.4) is 0 Å². The highest BCUT2D eigenvalue weighted by molar-refractivity contribution is 5.90. The van der Waals surface area contributed by atoms with Crippen LogP contribution in [0.15, 0.2) is 48.5 Å². The molecule has 0 saturated heterocycles. The molecule has 1 N–H and O–H groups in total. The normalized spacial score (nSPS) is 10.7. The van der Waals surface area contributed by atoms with E-state index in [1.165, 1.54) is 4.80 Å². The van der Waals surface area contributed by atoms with E-state index in [4.69, 9.17) is 0 Å². The maximum atomic E-state index is 11.6. The first kappa shape index (κ1) is 16.7. The number of aromatic carboxylic acids is 1. The summed E-state index contributed by atoms with van der Waals surface area (Å²) in [7, 11) is 1.81. The van der Waals surface area contributed by atoms with Gasteiger partial charge in [-0.25, -0.2) is 4.79 Å². The first-order valence-corrected chi connectivity index (χ1v) is 7.98. The molecule has 0 fully saturated rings. The molecule has 3 rings (SSSR count). The van der Waals surface area contributed by atoms with Crippen LogP contribution in [-0.2, 0) is 6.54 Å². The average molecular weight is 336 g/mol.